The molecule has 0 saturated carbocycles. The summed E-state index contributed by atoms with van der Waals surface area (Å²) in [6.45, 7) is 0. The number of nitrogens with zero attached hydrogens (tertiary/aromatic N) is 1. The van der Waals surface area contributed by atoms with Crippen molar-refractivity contribution >= 4 is 5.97 Å². The molecule has 5 heteroatoms. The topological polar surface area (TPSA) is 90.6 Å². The Bertz CT molecular complexity index is 421. The van der Waals surface area contributed by atoms with Crippen molar-refractivity contribution in [2.24, 2.45) is 0 Å². The van der Waals surface area contributed by atoms with Crippen molar-refractivity contribution in [3.05, 3.63) is 35.4 Å². The molecule has 0 heterocycles. The lowest BCUT2D eigenvalue weighted by molar-refractivity contribution is -0.144. The summed E-state index contributed by atoms with van der Waals surface area (Å²) in [7, 11) is 1.21. The quantitative estimate of drug-likeness (QED) is 0.742. The zero-order chi connectivity index (χ0) is 12.8. The summed E-state index contributed by atoms with van der Waals surface area (Å²) in [5, 5.41) is 27.9. The summed E-state index contributed by atoms with van der Waals surface area (Å²) in [6, 6.07) is 8.07. The fourth-order valence-electron chi connectivity index (χ4n) is 1.34. The molecule has 1 rings (SSSR count). The highest BCUT2D eigenvalue weighted by atomic mass is 16.5. The molecule has 0 radical (unpaired) electrons. The largest absolute Gasteiger partial charge is 0.469 e. The Kier molecular flexibility index (Phi) is 4.64. The zero-order valence-corrected chi connectivity index (χ0v) is 9.33. The average molecular weight is 235 g/mol. The number of aliphatic hydroxyl groups is 2. The molecule has 5 nitrogen and oxygen atoms in total. The van der Waals surface area contributed by atoms with Crippen molar-refractivity contribution in [2.75, 3.05) is 7.11 Å². The molecule has 0 amide bonds. The van der Waals surface area contributed by atoms with Crippen LogP contribution < -0.4 is 0 Å². The zero-order valence-electron chi connectivity index (χ0n) is 9.33. The van der Waals surface area contributed by atoms with Gasteiger partial charge in [0.05, 0.1) is 31.3 Å². The third kappa shape index (κ3) is 3.55. The summed E-state index contributed by atoms with van der Waals surface area (Å²) in [6.07, 6.45) is -2.69. The summed E-state index contributed by atoms with van der Waals surface area (Å²) in [4.78, 5) is 10.9. The van der Waals surface area contributed by atoms with Gasteiger partial charge in [-0.1, -0.05) is 12.1 Å². The second-order valence-corrected chi connectivity index (χ2v) is 3.53. The van der Waals surface area contributed by atoms with E-state index in [1.807, 2.05) is 6.07 Å². The van der Waals surface area contributed by atoms with Gasteiger partial charge in [0.25, 0.3) is 0 Å². The fourth-order valence-corrected chi connectivity index (χ4v) is 1.34. The highest BCUT2D eigenvalue weighted by Gasteiger charge is 2.21. The molecule has 90 valence electrons. The van der Waals surface area contributed by atoms with Gasteiger partial charge in [-0.3, -0.25) is 4.79 Å². The Balaban J connectivity index is 2.71. The molecule has 0 saturated heterocycles. The Morgan fingerprint density at radius 1 is 1.41 bits per heavy atom. The van der Waals surface area contributed by atoms with E-state index in [1.165, 1.54) is 31.4 Å². The maximum atomic E-state index is 10.9. The van der Waals surface area contributed by atoms with Crippen molar-refractivity contribution in [3.63, 3.8) is 0 Å². The van der Waals surface area contributed by atoms with E-state index in [2.05, 4.69) is 4.74 Å². The number of benzene rings is 1. The first-order valence-corrected chi connectivity index (χ1v) is 5.01. The van der Waals surface area contributed by atoms with Gasteiger partial charge in [-0.2, -0.15) is 5.26 Å². The van der Waals surface area contributed by atoms with Crippen LogP contribution in [0.5, 0.6) is 0 Å². The van der Waals surface area contributed by atoms with Crippen LogP contribution in [-0.4, -0.2) is 29.4 Å². The molecule has 17 heavy (non-hydrogen) atoms. The molecule has 0 bridgehead atoms. The van der Waals surface area contributed by atoms with E-state index in [1.54, 1.807) is 0 Å². The first-order valence-electron chi connectivity index (χ1n) is 5.01. The van der Waals surface area contributed by atoms with Crippen LogP contribution in [0.1, 0.15) is 23.7 Å². The molecule has 2 unspecified atom stereocenters. The van der Waals surface area contributed by atoms with Crippen LogP contribution in [-0.2, 0) is 9.53 Å². The van der Waals surface area contributed by atoms with Gasteiger partial charge in [0.15, 0.2) is 0 Å². The van der Waals surface area contributed by atoms with Crippen LogP contribution in [0.2, 0.25) is 0 Å². The predicted molar refractivity (Wildman–Crippen MR) is 58.8 cm³/mol. The summed E-state index contributed by atoms with van der Waals surface area (Å²) < 4.78 is 4.39. The second-order valence-electron chi connectivity index (χ2n) is 3.53. The van der Waals surface area contributed by atoms with Crippen molar-refractivity contribution in [3.8, 4) is 6.07 Å². The van der Waals surface area contributed by atoms with Crippen LogP contribution in [0, 0.1) is 11.3 Å². The Labute approximate surface area is 98.9 Å². The van der Waals surface area contributed by atoms with E-state index in [0.717, 1.165) is 0 Å². The number of methoxy groups -OCH3 is 1. The molecule has 1 aromatic rings. The number of aliphatic hydroxyl groups excluding tert-OH is 2. The highest BCUT2D eigenvalue weighted by Crippen LogP contribution is 2.19. The van der Waals surface area contributed by atoms with Crippen LogP contribution in [0.4, 0.5) is 0 Å². The number of nitriles is 1. The third-order valence-electron chi connectivity index (χ3n) is 2.35. The van der Waals surface area contributed by atoms with Crippen molar-refractivity contribution < 1.29 is 19.7 Å². The Morgan fingerprint density at radius 2 is 2.00 bits per heavy atom. The Morgan fingerprint density at radius 3 is 2.47 bits per heavy atom. The molecule has 0 aliphatic heterocycles. The van der Waals surface area contributed by atoms with E-state index >= 15 is 0 Å². The number of ether oxygens (including phenoxy) is 1. The standard InChI is InChI=1S/C12H13NO4/c1-17-11(15)6-10(14)12(16)9-4-2-8(7-13)3-5-9/h2-5,10,12,14,16H,6H2,1H3. The molecule has 0 aromatic heterocycles. The number of carbonyl (C=O) groups is 1. The molecule has 1 aromatic carbocycles. The SMILES string of the molecule is COC(=O)CC(O)C(O)c1ccc(C#N)cc1. The highest BCUT2D eigenvalue weighted by molar-refractivity contribution is 5.69. The maximum Gasteiger partial charge on any atom is 0.308 e. The molecular formula is C12H13NO4. The van der Waals surface area contributed by atoms with Gasteiger partial charge < -0.3 is 14.9 Å². The van der Waals surface area contributed by atoms with Crippen molar-refractivity contribution in [1.29, 1.82) is 5.26 Å². The van der Waals surface area contributed by atoms with Crippen LogP contribution in [0.3, 0.4) is 0 Å². The lowest BCUT2D eigenvalue weighted by Gasteiger charge is -2.17. The molecule has 0 aliphatic carbocycles. The van der Waals surface area contributed by atoms with Crippen molar-refractivity contribution in [1.82, 2.24) is 0 Å². The predicted octanol–water partition coefficient (Wildman–Crippen LogP) is 0.516. The van der Waals surface area contributed by atoms with Gasteiger partial charge in [-0.05, 0) is 17.7 Å². The summed E-state index contributed by atoms with van der Waals surface area (Å²) in [5.41, 5.74) is 0.906. The summed E-state index contributed by atoms with van der Waals surface area (Å²) >= 11 is 0. The van der Waals surface area contributed by atoms with E-state index in [9.17, 15) is 15.0 Å². The molecule has 0 fully saturated rings. The van der Waals surface area contributed by atoms with E-state index < -0.39 is 18.2 Å². The molecule has 0 spiro atoms. The first kappa shape index (κ1) is 13.2. The van der Waals surface area contributed by atoms with Gasteiger partial charge >= 0.3 is 5.97 Å². The normalized spacial score (nSPS) is 13.5. The molecule has 2 atom stereocenters. The van der Waals surface area contributed by atoms with E-state index in [-0.39, 0.29) is 6.42 Å². The fraction of sp³-hybridized carbons (Fsp3) is 0.333. The van der Waals surface area contributed by atoms with Gasteiger partial charge in [0.1, 0.15) is 6.10 Å². The summed E-state index contributed by atoms with van der Waals surface area (Å²) in [5.74, 6) is -0.592. The maximum absolute atomic E-state index is 10.9. The van der Waals surface area contributed by atoms with Gasteiger partial charge in [-0.15, -0.1) is 0 Å². The number of carbonyl (C=O) groups excluding carboxylic acids is 1. The minimum absolute atomic E-state index is 0.280. The third-order valence-corrected chi connectivity index (χ3v) is 2.35. The van der Waals surface area contributed by atoms with Crippen LogP contribution in [0.15, 0.2) is 24.3 Å². The van der Waals surface area contributed by atoms with Crippen molar-refractivity contribution in [2.45, 2.75) is 18.6 Å². The lowest BCUT2D eigenvalue weighted by Crippen LogP contribution is -2.22. The minimum atomic E-state index is -1.23. The van der Waals surface area contributed by atoms with E-state index in [4.69, 9.17) is 5.26 Å². The minimum Gasteiger partial charge on any atom is -0.469 e. The van der Waals surface area contributed by atoms with Gasteiger partial charge in [0, 0.05) is 0 Å². The molecular weight excluding hydrogens is 222 g/mol. The number of hydrogen-bond acceptors (Lipinski definition) is 5. The number of esters is 1. The number of rotatable bonds is 4. The van der Waals surface area contributed by atoms with Gasteiger partial charge in [0.2, 0.25) is 0 Å². The molecule has 2 N–H and O–H groups in total. The van der Waals surface area contributed by atoms with Crippen LogP contribution >= 0.6 is 0 Å². The van der Waals surface area contributed by atoms with E-state index in [0.29, 0.717) is 11.1 Å². The molecule has 0 aliphatic rings. The number of hydrogen-bond donors (Lipinski definition) is 2. The second kappa shape index (κ2) is 5.99. The van der Waals surface area contributed by atoms with Gasteiger partial charge in [-0.25, -0.2) is 0 Å². The Hall–Kier alpha value is -1.90. The van der Waals surface area contributed by atoms with Crippen LogP contribution in [0.25, 0.3) is 0 Å². The smallest absolute Gasteiger partial charge is 0.308 e. The lowest BCUT2D eigenvalue weighted by atomic mass is 10.0. The average Bonchev–Trinajstić information content (AvgIpc) is 2.37. The monoisotopic (exact) mass is 235 g/mol. The first-order chi connectivity index (χ1) is 8.08.